The lowest BCUT2D eigenvalue weighted by Gasteiger charge is -1.96. The van der Waals surface area contributed by atoms with E-state index in [1.807, 2.05) is 0 Å². The maximum Gasteiger partial charge on any atom is 0.329 e. The van der Waals surface area contributed by atoms with Crippen molar-refractivity contribution in [3.8, 4) is 0 Å². The molecule has 0 aliphatic rings. The minimum atomic E-state index is -2.50. The van der Waals surface area contributed by atoms with E-state index in [0.717, 1.165) is 15.5 Å². The van der Waals surface area contributed by atoms with Gasteiger partial charge in [0, 0.05) is 18.1 Å². The zero-order valence-corrected chi connectivity index (χ0v) is 6.74. The van der Waals surface area contributed by atoms with Gasteiger partial charge in [0.1, 0.15) is 0 Å². The zero-order valence-electron chi connectivity index (χ0n) is 9.74. The first-order valence-corrected chi connectivity index (χ1v) is 3.49. The number of nitrogens with one attached hydrogen (secondary N) is 1. The second-order valence-electron chi connectivity index (χ2n) is 2.61. The van der Waals surface area contributed by atoms with Gasteiger partial charge in [-0.3, -0.25) is 14.3 Å². The van der Waals surface area contributed by atoms with Gasteiger partial charge in [0.25, 0.3) is 5.56 Å². The van der Waals surface area contributed by atoms with Crippen LogP contribution < -0.4 is 11.2 Å². The summed E-state index contributed by atoms with van der Waals surface area (Å²) in [6.07, 6.45) is 1.01. The number of aromatic nitrogens is 4. The van der Waals surface area contributed by atoms with Crippen molar-refractivity contribution in [3.63, 3.8) is 0 Å². The number of imidazole rings is 1. The molecule has 6 nitrogen and oxygen atoms in total. The van der Waals surface area contributed by atoms with Gasteiger partial charge in [0.05, 0.1) is 6.33 Å². The van der Waals surface area contributed by atoms with Crippen LogP contribution >= 0.6 is 0 Å². The Labute approximate surface area is 76.7 Å². The molecule has 0 spiro atoms. The molecule has 0 saturated heterocycles. The van der Waals surface area contributed by atoms with Crippen molar-refractivity contribution in [2.45, 2.75) is 0 Å². The van der Waals surface area contributed by atoms with Crippen LogP contribution in [-0.4, -0.2) is 19.1 Å². The van der Waals surface area contributed by atoms with E-state index >= 15 is 0 Å². The molecule has 2 rings (SSSR count). The van der Waals surface area contributed by atoms with Gasteiger partial charge in [-0.25, -0.2) is 9.78 Å². The average molecular weight is 183 g/mol. The fraction of sp³-hybridized carbons (Fsp3) is 0.286. The Morgan fingerprint density at radius 2 is 2.38 bits per heavy atom. The van der Waals surface area contributed by atoms with Crippen molar-refractivity contribution in [2.75, 3.05) is 0 Å². The fourth-order valence-corrected chi connectivity index (χ4v) is 1.08. The molecule has 0 aliphatic heterocycles. The minimum Gasteiger partial charge on any atom is -0.328 e. The molecule has 0 radical (unpaired) electrons. The molecule has 2 aromatic heterocycles. The molecule has 0 atom stereocenters. The molecule has 1 N–H and O–H groups in total. The summed E-state index contributed by atoms with van der Waals surface area (Å²) in [5, 5.41) is 0. The Morgan fingerprint density at radius 3 is 3.08 bits per heavy atom. The Hall–Kier alpha value is -1.85. The van der Waals surface area contributed by atoms with Crippen LogP contribution in [0.1, 0.15) is 4.11 Å². The number of H-pyrrole nitrogens is 1. The second-order valence-corrected chi connectivity index (χ2v) is 2.61. The van der Waals surface area contributed by atoms with Crippen molar-refractivity contribution in [2.24, 2.45) is 14.0 Å². The SMILES string of the molecule is [2H]C([2H])([2H])n1cnc2[nH]c(=O)n(C)c(=O)c21. The molecule has 0 amide bonds. The summed E-state index contributed by atoms with van der Waals surface area (Å²) in [7, 11) is 1.26. The van der Waals surface area contributed by atoms with E-state index in [-0.39, 0.29) is 11.2 Å². The highest BCUT2D eigenvalue weighted by molar-refractivity contribution is 5.68. The van der Waals surface area contributed by atoms with Gasteiger partial charge < -0.3 is 4.57 Å². The molecule has 2 heterocycles. The second kappa shape index (κ2) is 2.32. The topological polar surface area (TPSA) is 72.7 Å². The summed E-state index contributed by atoms with van der Waals surface area (Å²) < 4.78 is 23.2. The lowest BCUT2D eigenvalue weighted by molar-refractivity contribution is 0.783. The van der Waals surface area contributed by atoms with Crippen LogP contribution in [0, 0.1) is 0 Å². The normalized spacial score (nSPS) is 15.3. The van der Waals surface area contributed by atoms with Crippen LogP contribution in [-0.2, 0) is 14.0 Å². The van der Waals surface area contributed by atoms with Gasteiger partial charge in [-0.1, -0.05) is 0 Å². The minimum absolute atomic E-state index is 0.0239. The maximum absolute atomic E-state index is 11.7. The molecule has 0 aliphatic carbocycles. The smallest absolute Gasteiger partial charge is 0.328 e. The van der Waals surface area contributed by atoms with Gasteiger partial charge in [-0.2, -0.15) is 0 Å². The van der Waals surface area contributed by atoms with Crippen LogP contribution in [0.4, 0.5) is 0 Å². The number of hydrogen-bond acceptors (Lipinski definition) is 3. The highest BCUT2D eigenvalue weighted by Crippen LogP contribution is 1.98. The molecule has 0 saturated carbocycles. The molecule has 0 aromatic carbocycles. The number of rotatable bonds is 0. The third kappa shape index (κ3) is 0.915. The van der Waals surface area contributed by atoms with Crippen molar-refractivity contribution < 1.29 is 4.11 Å². The van der Waals surface area contributed by atoms with Crippen LogP contribution in [0.3, 0.4) is 0 Å². The van der Waals surface area contributed by atoms with Gasteiger partial charge in [0.15, 0.2) is 11.2 Å². The molecule has 0 fully saturated rings. The predicted molar refractivity (Wildman–Crippen MR) is 46.6 cm³/mol. The molecular weight excluding hydrogens is 172 g/mol. The first kappa shape index (κ1) is 5.00. The quantitative estimate of drug-likeness (QED) is 0.567. The zero-order chi connectivity index (χ0) is 12.1. The van der Waals surface area contributed by atoms with Crippen molar-refractivity contribution in [1.29, 1.82) is 0 Å². The van der Waals surface area contributed by atoms with E-state index in [4.69, 9.17) is 4.11 Å². The molecular formula is C7H8N4O2. The van der Waals surface area contributed by atoms with Gasteiger partial charge >= 0.3 is 5.69 Å². The van der Waals surface area contributed by atoms with Crippen LogP contribution in [0.25, 0.3) is 11.2 Å². The lowest BCUT2D eigenvalue weighted by Crippen LogP contribution is -2.33. The third-order valence-electron chi connectivity index (χ3n) is 1.80. The summed E-state index contributed by atoms with van der Waals surface area (Å²) in [5.74, 6) is 0. The largest absolute Gasteiger partial charge is 0.329 e. The number of fused-ring (bicyclic) bond motifs is 1. The van der Waals surface area contributed by atoms with Crippen molar-refractivity contribution in [3.05, 3.63) is 27.2 Å². The molecule has 0 bridgehead atoms. The van der Waals surface area contributed by atoms with Crippen LogP contribution in [0.5, 0.6) is 0 Å². The first-order valence-electron chi connectivity index (χ1n) is 4.99. The molecule has 6 heteroatoms. The average Bonchev–Trinajstić information content (AvgIpc) is 2.57. The van der Waals surface area contributed by atoms with E-state index in [2.05, 4.69) is 9.97 Å². The van der Waals surface area contributed by atoms with E-state index in [0.29, 0.717) is 0 Å². The van der Waals surface area contributed by atoms with E-state index < -0.39 is 18.2 Å². The Bertz CT molecular complexity index is 663. The summed E-state index contributed by atoms with van der Waals surface area (Å²) in [4.78, 5) is 28.9. The molecule has 2 aromatic rings. The molecule has 0 unspecified atom stereocenters. The van der Waals surface area contributed by atoms with Crippen molar-refractivity contribution >= 4 is 11.2 Å². The summed E-state index contributed by atoms with van der Waals surface area (Å²) >= 11 is 0. The molecule has 13 heavy (non-hydrogen) atoms. The summed E-state index contributed by atoms with van der Waals surface area (Å²) in [5.41, 5.74) is -1.48. The fourth-order valence-electron chi connectivity index (χ4n) is 1.08. The van der Waals surface area contributed by atoms with Crippen molar-refractivity contribution in [1.82, 2.24) is 19.1 Å². The lowest BCUT2D eigenvalue weighted by atomic mass is 10.5. The van der Waals surface area contributed by atoms with E-state index in [1.165, 1.54) is 7.05 Å². The Kier molecular flexibility index (Phi) is 0.892. The van der Waals surface area contributed by atoms with Gasteiger partial charge in [-0.15, -0.1) is 0 Å². The maximum atomic E-state index is 11.7. The number of aryl methyl sites for hydroxylation is 1. The van der Waals surface area contributed by atoms with Crippen LogP contribution in [0.15, 0.2) is 15.9 Å². The van der Waals surface area contributed by atoms with Gasteiger partial charge in [-0.05, 0) is 0 Å². The van der Waals surface area contributed by atoms with Crippen LogP contribution in [0.2, 0.25) is 0 Å². The number of aromatic amines is 1. The number of nitrogens with zero attached hydrogens (tertiary/aromatic N) is 3. The summed E-state index contributed by atoms with van der Waals surface area (Å²) in [6.45, 7) is -2.50. The first-order chi connectivity index (χ1) is 7.32. The highest BCUT2D eigenvalue weighted by atomic mass is 16.2. The van der Waals surface area contributed by atoms with E-state index in [9.17, 15) is 9.59 Å². The Balaban J connectivity index is 2.99. The molecule has 68 valence electrons. The van der Waals surface area contributed by atoms with E-state index in [1.54, 1.807) is 0 Å². The standard InChI is InChI=1S/C7H8N4O2/c1-10-3-8-5-4(10)6(12)11(2)7(13)9-5/h3H,1-2H3,(H,9,13)/i1D3. The number of hydrogen-bond donors (Lipinski definition) is 1. The Morgan fingerprint density at radius 1 is 1.62 bits per heavy atom. The monoisotopic (exact) mass is 183 g/mol. The summed E-state index contributed by atoms with van der Waals surface area (Å²) in [6, 6.07) is 0. The van der Waals surface area contributed by atoms with Gasteiger partial charge in [0.2, 0.25) is 0 Å². The highest BCUT2D eigenvalue weighted by Gasteiger charge is 2.07. The predicted octanol–water partition coefficient (Wildman–Crippen LogP) is -1.04. The third-order valence-corrected chi connectivity index (χ3v) is 1.80.